The molecule has 1 spiro atoms. The van der Waals surface area contributed by atoms with Gasteiger partial charge >= 0.3 is 5.97 Å². The zero-order valence-electron chi connectivity index (χ0n) is 16.0. The van der Waals surface area contributed by atoms with E-state index in [1.807, 2.05) is 32.0 Å². The van der Waals surface area contributed by atoms with Crippen molar-refractivity contribution in [1.29, 1.82) is 0 Å². The Labute approximate surface area is 165 Å². The Morgan fingerprint density at radius 1 is 1.14 bits per heavy atom. The van der Waals surface area contributed by atoms with E-state index in [1.54, 1.807) is 24.3 Å². The third-order valence-electron chi connectivity index (χ3n) is 5.54. The molecule has 0 radical (unpaired) electrons. The lowest BCUT2D eigenvalue weighted by atomic mass is 9.84. The lowest BCUT2D eigenvalue weighted by Gasteiger charge is -2.37. The second-order valence-electron chi connectivity index (χ2n) is 7.19. The highest BCUT2D eigenvalue weighted by Gasteiger charge is 2.48. The van der Waals surface area contributed by atoms with E-state index in [0.717, 1.165) is 11.1 Å². The van der Waals surface area contributed by atoms with Gasteiger partial charge in [0.15, 0.2) is 0 Å². The molecule has 2 aliphatic rings. The Bertz CT molecular complexity index is 1020. The first-order chi connectivity index (χ1) is 13.4. The van der Waals surface area contributed by atoms with Crippen LogP contribution >= 0.6 is 0 Å². The van der Waals surface area contributed by atoms with Gasteiger partial charge in [0.05, 0.1) is 17.1 Å². The van der Waals surface area contributed by atoms with Gasteiger partial charge in [-0.3, -0.25) is 0 Å². The number of esters is 1. The molecule has 0 aliphatic carbocycles. The van der Waals surface area contributed by atoms with Crippen molar-refractivity contribution < 1.29 is 22.7 Å². The van der Waals surface area contributed by atoms with E-state index in [-0.39, 0.29) is 10.9 Å². The summed E-state index contributed by atoms with van der Waals surface area (Å²) < 4.78 is 38.9. The molecule has 0 amide bonds. The van der Waals surface area contributed by atoms with E-state index in [2.05, 4.69) is 0 Å². The van der Waals surface area contributed by atoms with Gasteiger partial charge in [-0.05, 0) is 43.7 Å². The largest absolute Gasteiger partial charge is 0.494 e. The van der Waals surface area contributed by atoms with Gasteiger partial charge in [-0.25, -0.2) is 13.2 Å². The maximum absolute atomic E-state index is 13.1. The van der Waals surface area contributed by atoms with Crippen LogP contribution in [0.2, 0.25) is 0 Å². The minimum Gasteiger partial charge on any atom is -0.494 e. The minimum absolute atomic E-state index is 0.258. The molecule has 28 heavy (non-hydrogen) atoms. The molecule has 1 saturated heterocycles. The summed E-state index contributed by atoms with van der Waals surface area (Å²) >= 11 is 0. The second-order valence-corrected chi connectivity index (χ2v) is 9.13. The van der Waals surface area contributed by atoms with Crippen molar-refractivity contribution in [3.8, 4) is 5.75 Å². The van der Waals surface area contributed by atoms with E-state index >= 15 is 0 Å². The molecular formula is C21H23NO5S. The number of ether oxygens (including phenoxy) is 2. The molecule has 7 heteroatoms. The van der Waals surface area contributed by atoms with Gasteiger partial charge in [-0.2, -0.15) is 4.31 Å². The fourth-order valence-corrected chi connectivity index (χ4v) is 5.58. The first-order valence-electron chi connectivity index (χ1n) is 9.44. The molecule has 2 aromatic rings. The Balaban J connectivity index is 1.56. The Kier molecular flexibility index (Phi) is 4.67. The molecule has 6 nitrogen and oxygen atoms in total. The molecule has 4 rings (SSSR count). The van der Waals surface area contributed by atoms with Gasteiger partial charge in [0, 0.05) is 31.5 Å². The molecule has 0 unspecified atom stereocenters. The minimum atomic E-state index is -3.62. The fraction of sp³-hybridized carbons (Fsp3) is 0.381. The first kappa shape index (κ1) is 19.0. The summed E-state index contributed by atoms with van der Waals surface area (Å²) in [5.41, 5.74) is 1.53. The average molecular weight is 401 g/mol. The number of hydrogen-bond donors (Lipinski definition) is 0. The van der Waals surface area contributed by atoms with E-state index in [0.29, 0.717) is 43.9 Å². The van der Waals surface area contributed by atoms with Crippen LogP contribution in [-0.4, -0.2) is 38.4 Å². The van der Waals surface area contributed by atoms with Crippen molar-refractivity contribution in [2.45, 2.75) is 37.2 Å². The van der Waals surface area contributed by atoms with Crippen LogP contribution in [-0.2, 0) is 20.4 Å². The van der Waals surface area contributed by atoms with Crippen LogP contribution in [0.25, 0.3) is 0 Å². The highest BCUT2D eigenvalue weighted by Crippen LogP contribution is 2.44. The summed E-state index contributed by atoms with van der Waals surface area (Å²) in [5.74, 6) is 0.363. The highest BCUT2D eigenvalue weighted by atomic mass is 32.2. The van der Waals surface area contributed by atoms with Crippen LogP contribution in [0.1, 0.15) is 41.3 Å². The molecule has 0 N–H and O–H groups in total. The number of hydrogen-bond acceptors (Lipinski definition) is 5. The number of benzene rings is 2. The number of nitrogens with zero attached hydrogens (tertiary/aromatic N) is 1. The summed E-state index contributed by atoms with van der Waals surface area (Å²) in [5, 5.41) is 0. The molecule has 0 atom stereocenters. The van der Waals surface area contributed by atoms with Gasteiger partial charge < -0.3 is 9.47 Å². The maximum Gasteiger partial charge on any atom is 0.339 e. The van der Waals surface area contributed by atoms with Crippen LogP contribution in [0.4, 0.5) is 0 Å². The lowest BCUT2D eigenvalue weighted by Crippen LogP contribution is -2.45. The van der Waals surface area contributed by atoms with Gasteiger partial charge in [0.2, 0.25) is 10.0 Å². The molecule has 1 fully saturated rings. The summed E-state index contributed by atoms with van der Waals surface area (Å²) in [6.07, 6.45) is 0.899. The van der Waals surface area contributed by atoms with Crippen LogP contribution < -0.4 is 4.74 Å². The van der Waals surface area contributed by atoms with Crippen molar-refractivity contribution in [1.82, 2.24) is 4.31 Å². The number of sulfonamides is 1. The Morgan fingerprint density at radius 3 is 2.54 bits per heavy atom. The SMILES string of the molecule is CCOc1ccc(S(=O)(=O)N2CCC3(CC2)OC(=O)c2ccccc23)cc1C. The quantitative estimate of drug-likeness (QED) is 0.736. The molecule has 2 heterocycles. The number of fused-ring (bicyclic) bond motifs is 2. The molecule has 0 bridgehead atoms. The van der Waals surface area contributed by atoms with Gasteiger partial charge in [-0.1, -0.05) is 18.2 Å². The highest BCUT2D eigenvalue weighted by molar-refractivity contribution is 7.89. The third kappa shape index (κ3) is 2.99. The Hall–Kier alpha value is -2.38. The van der Waals surface area contributed by atoms with Gasteiger partial charge in [0.1, 0.15) is 11.4 Å². The zero-order valence-corrected chi connectivity index (χ0v) is 16.8. The zero-order chi connectivity index (χ0) is 19.9. The van der Waals surface area contributed by atoms with Crippen molar-refractivity contribution in [2.75, 3.05) is 19.7 Å². The van der Waals surface area contributed by atoms with Crippen LogP contribution in [0.3, 0.4) is 0 Å². The summed E-state index contributed by atoms with van der Waals surface area (Å²) in [4.78, 5) is 12.5. The van der Waals surface area contributed by atoms with E-state index in [4.69, 9.17) is 9.47 Å². The molecular weight excluding hydrogens is 378 g/mol. The van der Waals surface area contributed by atoms with Crippen LogP contribution in [0.5, 0.6) is 5.75 Å². The number of rotatable bonds is 4. The normalized spacial score (nSPS) is 18.7. The van der Waals surface area contributed by atoms with Crippen LogP contribution in [0, 0.1) is 6.92 Å². The lowest BCUT2D eigenvalue weighted by molar-refractivity contribution is -0.0329. The molecule has 2 aliphatic heterocycles. The van der Waals surface area contributed by atoms with E-state index in [1.165, 1.54) is 4.31 Å². The van der Waals surface area contributed by atoms with Crippen molar-refractivity contribution in [3.63, 3.8) is 0 Å². The monoisotopic (exact) mass is 401 g/mol. The molecule has 148 valence electrons. The Morgan fingerprint density at radius 2 is 1.86 bits per heavy atom. The molecule has 0 aromatic heterocycles. The smallest absolute Gasteiger partial charge is 0.339 e. The van der Waals surface area contributed by atoms with Crippen molar-refractivity contribution in [3.05, 3.63) is 59.2 Å². The van der Waals surface area contributed by atoms with Crippen LogP contribution in [0.15, 0.2) is 47.4 Å². The standard InChI is InChI=1S/C21H23NO5S/c1-3-26-19-9-8-16(14-15(19)2)28(24,25)22-12-10-21(11-13-22)18-7-5-4-6-17(18)20(23)27-21/h4-9,14H,3,10-13H2,1-2H3. The third-order valence-corrected chi connectivity index (χ3v) is 7.43. The number of aryl methyl sites for hydroxylation is 1. The molecule has 0 saturated carbocycles. The maximum atomic E-state index is 13.1. The topological polar surface area (TPSA) is 72.9 Å². The van der Waals surface area contributed by atoms with Gasteiger partial charge in [0.25, 0.3) is 0 Å². The fourth-order valence-electron chi connectivity index (χ4n) is 4.05. The van der Waals surface area contributed by atoms with E-state index in [9.17, 15) is 13.2 Å². The number of carbonyl (C=O) groups is 1. The number of piperidine rings is 1. The predicted octanol–water partition coefficient (Wildman–Crippen LogP) is 3.24. The molecule has 2 aromatic carbocycles. The van der Waals surface area contributed by atoms with Gasteiger partial charge in [-0.15, -0.1) is 0 Å². The predicted molar refractivity (Wildman–Crippen MR) is 104 cm³/mol. The summed E-state index contributed by atoms with van der Waals surface area (Å²) in [6.45, 7) is 4.86. The summed E-state index contributed by atoms with van der Waals surface area (Å²) in [6, 6.07) is 12.3. The second kappa shape index (κ2) is 6.90. The average Bonchev–Trinajstić information content (AvgIpc) is 2.96. The number of carbonyl (C=O) groups excluding carboxylic acids is 1. The van der Waals surface area contributed by atoms with Crippen molar-refractivity contribution >= 4 is 16.0 Å². The van der Waals surface area contributed by atoms with Crippen molar-refractivity contribution in [2.24, 2.45) is 0 Å². The van der Waals surface area contributed by atoms with E-state index < -0.39 is 15.6 Å². The summed E-state index contributed by atoms with van der Waals surface area (Å²) in [7, 11) is -3.62. The first-order valence-corrected chi connectivity index (χ1v) is 10.9.